The van der Waals surface area contributed by atoms with Gasteiger partial charge in [-0.2, -0.15) is 0 Å². The van der Waals surface area contributed by atoms with Gasteiger partial charge in [0.25, 0.3) is 0 Å². The summed E-state index contributed by atoms with van der Waals surface area (Å²) in [6, 6.07) is -0.976. The van der Waals surface area contributed by atoms with E-state index in [4.69, 9.17) is 18.9 Å². The molecule has 0 spiro atoms. The van der Waals surface area contributed by atoms with Crippen LogP contribution in [0.2, 0.25) is 0 Å². The summed E-state index contributed by atoms with van der Waals surface area (Å²) in [4.78, 5) is 13.1. The van der Waals surface area contributed by atoms with Crippen molar-refractivity contribution >= 4 is 5.91 Å². The second kappa shape index (κ2) is 39.1. The van der Waals surface area contributed by atoms with Crippen molar-refractivity contribution in [2.75, 3.05) is 19.8 Å². The number of rotatable bonds is 35. The normalized spacial score (nSPS) is 27.4. The van der Waals surface area contributed by atoms with Crippen LogP contribution in [0.1, 0.15) is 117 Å². The Morgan fingerprint density at radius 3 is 1.51 bits per heavy atom. The maximum Gasteiger partial charge on any atom is 0.220 e. The van der Waals surface area contributed by atoms with Gasteiger partial charge in [0.1, 0.15) is 48.8 Å². The van der Waals surface area contributed by atoms with Gasteiger partial charge in [0.05, 0.1) is 32.0 Å². The number of amides is 1. The molecule has 0 bridgehead atoms. The maximum absolute atomic E-state index is 13.1. The van der Waals surface area contributed by atoms with Crippen LogP contribution >= 0.6 is 0 Å². The highest BCUT2D eigenvalue weighted by Crippen LogP contribution is 2.30. The van der Waals surface area contributed by atoms with Gasteiger partial charge >= 0.3 is 0 Å². The molecule has 0 radical (unpaired) electrons. The molecule has 2 aliphatic rings. The van der Waals surface area contributed by atoms with Gasteiger partial charge in [-0.3, -0.25) is 4.79 Å². The molecule has 2 saturated heterocycles. The molecule has 2 heterocycles. The molecule has 384 valence electrons. The summed E-state index contributed by atoms with van der Waals surface area (Å²) in [6.45, 7) is 2.48. The molecular weight excluding hydrogens is 871 g/mol. The van der Waals surface area contributed by atoms with Gasteiger partial charge in [0.2, 0.25) is 5.91 Å². The summed E-state index contributed by atoms with van der Waals surface area (Å²) in [6.07, 6.45) is 38.3. The Kier molecular flexibility index (Phi) is 34.8. The number of aliphatic hydroxyl groups is 8. The fraction of sp³-hybridized carbons (Fsp3) is 0.611. The van der Waals surface area contributed by atoms with E-state index >= 15 is 0 Å². The van der Waals surface area contributed by atoms with Crippen LogP contribution in [-0.4, -0.2) is 140 Å². The van der Waals surface area contributed by atoms with E-state index in [9.17, 15) is 45.6 Å². The first-order valence-electron chi connectivity index (χ1n) is 24.8. The smallest absolute Gasteiger partial charge is 0.220 e. The third kappa shape index (κ3) is 25.8. The molecule has 0 aromatic rings. The predicted molar refractivity (Wildman–Crippen MR) is 267 cm³/mol. The Morgan fingerprint density at radius 2 is 1.00 bits per heavy atom. The molecule has 2 rings (SSSR count). The number of allylic oxidation sites excluding steroid dienone is 19. The van der Waals surface area contributed by atoms with Crippen molar-refractivity contribution in [3.63, 3.8) is 0 Å². The lowest BCUT2D eigenvalue weighted by atomic mass is 9.97. The molecule has 2 fully saturated rings. The fourth-order valence-electron chi connectivity index (χ4n) is 7.08. The molecule has 1 amide bonds. The maximum atomic E-state index is 13.1. The standard InChI is InChI=1S/C54H85NO13/c1-3-5-7-9-11-13-15-16-17-18-19-20-21-22-23-24-25-26-28-30-32-34-36-38-46(59)55-42(43(58)37-35-33-31-29-27-14-12-10-8-6-4-2)41-65-53-51(64)49(62)52(45(40-57)67-53)68-54-50(63)48(61)47(60)44(39-56)66-54/h5,7-8,10-11,13,16-17,19-20,22-23,25-27,29-30,32,35,37,42-45,47-54,56-58,60-64H,3-4,6,9,12,14-15,18,21,24,28,31,33-34,36,38-41H2,1-2H3,(H,55,59)/b7-5-,10-8+,13-11-,17-16-,20-19-,23-22-,26-25-,29-27+,32-30-,37-35+. The van der Waals surface area contributed by atoms with Crippen LogP contribution in [0.15, 0.2) is 122 Å². The van der Waals surface area contributed by atoms with Crippen molar-refractivity contribution in [1.82, 2.24) is 5.32 Å². The van der Waals surface area contributed by atoms with Gasteiger partial charge in [-0.05, 0) is 89.9 Å². The highest BCUT2D eigenvalue weighted by atomic mass is 16.7. The lowest BCUT2D eigenvalue weighted by molar-refractivity contribution is -0.359. The van der Waals surface area contributed by atoms with Gasteiger partial charge in [0, 0.05) is 6.42 Å². The summed E-state index contributed by atoms with van der Waals surface area (Å²) in [5.41, 5.74) is 0. The van der Waals surface area contributed by atoms with Crippen molar-refractivity contribution in [3.8, 4) is 0 Å². The first-order chi connectivity index (χ1) is 33.1. The van der Waals surface area contributed by atoms with Crippen molar-refractivity contribution < 1.29 is 64.6 Å². The quantitative estimate of drug-likeness (QED) is 0.0251. The van der Waals surface area contributed by atoms with Crippen molar-refractivity contribution in [2.45, 2.75) is 190 Å². The second-order valence-corrected chi connectivity index (χ2v) is 16.8. The van der Waals surface area contributed by atoms with E-state index in [1.807, 2.05) is 12.2 Å². The Hall–Kier alpha value is -3.61. The Morgan fingerprint density at radius 1 is 0.544 bits per heavy atom. The van der Waals surface area contributed by atoms with Crippen molar-refractivity contribution in [1.29, 1.82) is 0 Å². The molecule has 12 atom stereocenters. The van der Waals surface area contributed by atoms with Gasteiger partial charge in [0.15, 0.2) is 12.6 Å². The summed E-state index contributed by atoms with van der Waals surface area (Å²) in [7, 11) is 0. The van der Waals surface area contributed by atoms with Crippen LogP contribution in [0.5, 0.6) is 0 Å². The molecule has 0 aliphatic carbocycles. The topological polar surface area (TPSA) is 228 Å². The van der Waals surface area contributed by atoms with E-state index in [-0.39, 0.29) is 18.9 Å². The number of carbonyl (C=O) groups is 1. The van der Waals surface area contributed by atoms with Crippen LogP contribution in [0, 0.1) is 0 Å². The third-order valence-electron chi connectivity index (χ3n) is 11.1. The SMILES string of the molecule is CC/C=C\C/C=C\C/C=C\C/C=C\C/C=C\C/C=C\C/C=C\CCCC(=O)NC(COC1OC(CO)C(OC2OC(CO)C(O)C(O)C2O)C(O)C1O)C(O)/C=C/CC/C=C/CC/C=C/CCC. The minimum Gasteiger partial charge on any atom is -0.394 e. The molecule has 0 saturated carbocycles. The van der Waals surface area contributed by atoms with Crippen LogP contribution in [0.4, 0.5) is 0 Å². The second-order valence-electron chi connectivity index (χ2n) is 16.8. The average Bonchev–Trinajstić information content (AvgIpc) is 3.34. The van der Waals surface area contributed by atoms with Gasteiger partial charge in [-0.1, -0.05) is 142 Å². The predicted octanol–water partition coefficient (Wildman–Crippen LogP) is 6.32. The molecule has 68 heavy (non-hydrogen) atoms. The van der Waals surface area contributed by atoms with Gasteiger partial charge in [-0.25, -0.2) is 0 Å². The molecule has 12 unspecified atom stereocenters. The zero-order valence-corrected chi connectivity index (χ0v) is 40.5. The minimum atomic E-state index is -1.80. The van der Waals surface area contributed by atoms with E-state index in [1.54, 1.807) is 6.08 Å². The summed E-state index contributed by atoms with van der Waals surface area (Å²) in [5.74, 6) is -0.321. The zero-order chi connectivity index (χ0) is 49.6. The van der Waals surface area contributed by atoms with Crippen molar-refractivity contribution in [2.24, 2.45) is 0 Å². The number of aliphatic hydroxyl groups excluding tert-OH is 8. The van der Waals surface area contributed by atoms with Crippen molar-refractivity contribution in [3.05, 3.63) is 122 Å². The fourth-order valence-corrected chi connectivity index (χ4v) is 7.08. The Labute approximate surface area is 406 Å². The summed E-state index contributed by atoms with van der Waals surface area (Å²) < 4.78 is 22.6. The number of hydrogen-bond donors (Lipinski definition) is 9. The van der Waals surface area contributed by atoms with Gasteiger partial charge < -0.3 is 65.1 Å². The largest absolute Gasteiger partial charge is 0.394 e. The van der Waals surface area contributed by atoms with E-state index in [0.717, 1.165) is 77.0 Å². The molecule has 14 heteroatoms. The van der Waals surface area contributed by atoms with Crippen LogP contribution in [-0.2, 0) is 23.7 Å². The number of hydrogen-bond acceptors (Lipinski definition) is 13. The number of carbonyl (C=O) groups excluding carboxylic acids is 1. The molecule has 14 nitrogen and oxygen atoms in total. The van der Waals surface area contributed by atoms with Crippen LogP contribution < -0.4 is 5.32 Å². The highest BCUT2D eigenvalue weighted by Gasteiger charge is 2.51. The minimum absolute atomic E-state index is 0.181. The molecule has 9 N–H and O–H groups in total. The zero-order valence-electron chi connectivity index (χ0n) is 40.5. The number of nitrogens with one attached hydrogen (secondary N) is 1. The molecule has 2 aliphatic heterocycles. The molecule has 0 aromatic carbocycles. The van der Waals surface area contributed by atoms with E-state index in [2.05, 4.69) is 122 Å². The third-order valence-corrected chi connectivity index (χ3v) is 11.1. The number of unbranched alkanes of at least 4 members (excludes halogenated alkanes) is 4. The summed E-state index contributed by atoms with van der Waals surface area (Å²) in [5, 5.41) is 86.5. The summed E-state index contributed by atoms with van der Waals surface area (Å²) >= 11 is 0. The van der Waals surface area contributed by atoms with Crippen LogP contribution in [0.3, 0.4) is 0 Å². The average molecular weight is 956 g/mol. The lowest BCUT2D eigenvalue weighted by Gasteiger charge is -2.46. The molecular formula is C54H85NO13. The van der Waals surface area contributed by atoms with Gasteiger partial charge in [-0.15, -0.1) is 0 Å². The first-order valence-corrected chi connectivity index (χ1v) is 24.8. The Bertz CT molecular complexity index is 1600. The monoisotopic (exact) mass is 956 g/mol. The van der Waals surface area contributed by atoms with E-state index in [1.165, 1.54) is 0 Å². The first kappa shape index (κ1) is 60.5. The van der Waals surface area contributed by atoms with E-state index < -0.39 is 86.8 Å². The lowest BCUT2D eigenvalue weighted by Crippen LogP contribution is -2.65. The Balaban J connectivity index is 1.87. The number of ether oxygens (including phenoxy) is 4. The molecule has 0 aromatic heterocycles. The van der Waals surface area contributed by atoms with E-state index in [0.29, 0.717) is 19.3 Å². The van der Waals surface area contributed by atoms with Crippen LogP contribution in [0.25, 0.3) is 0 Å². The highest BCUT2D eigenvalue weighted by molar-refractivity contribution is 5.76.